The van der Waals surface area contributed by atoms with Gasteiger partial charge in [0.2, 0.25) is 5.95 Å². The normalized spacial score (nSPS) is 10.1. The molecular weight excluding hydrogens is 268 g/mol. The molecule has 5 heteroatoms. The van der Waals surface area contributed by atoms with Crippen LogP contribution in [0, 0.1) is 6.92 Å². The van der Waals surface area contributed by atoms with E-state index in [1.807, 2.05) is 25.1 Å². The Balaban J connectivity index is 2.23. The Morgan fingerprint density at radius 3 is 2.56 bits per heavy atom. The minimum absolute atomic E-state index is 0.541. The molecule has 2 rings (SSSR count). The van der Waals surface area contributed by atoms with Crippen molar-refractivity contribution in [3.63, 3.8) is 0 Å². The van der Waals surface area contributed by atoms with Gasteiger partial charge in [-0.2, -0.15) is 0 Å². The molecule has 0 radical (unpaired) electrons. The van der Waals surface area contributed by atoms with Crippen LogP contribution in [-0.4, -0.2) is 9.97 Å². The van der Waals surface area contributed by atoms with Gasteiger partial charge in [0, 0.05) is 10.2 Å². The molecule has 0 aliphatic rings. The van der Waals surface area contributed by atoms with Crippen LogP contribution in [0.2, 0.25) is 0 Å². The van der Waals surface area contributed by atoms with E-state index in [1.54, 1.807) is 12.4 Å². The van der Waals surface area contributed by atoms with E-state index in [9.17, 15) is 0 Å². The predicted octanol–water partition coefficient (Wildman–Crippen LogP) is 2.87. The fourth-order valence-electron chi connectivity index (χ4n) is 1.29. The second-order valence-corrected chi connectivity index (χ2v) is 4.34. The van der Waals surface area contributed by atoms with Gasteiger partial charge >= 0.3 is 0 Å². The Kier molecular flexibility index (Phi) is 3.05. The molecule has 0 unspecified atom stereocenters. The average molecular weight is 279 g/mol. The Morgan fingerprint density at radius 1 is 1.25 bits per heavy atom. The van der Waals surface area contributed by atoms with Crippen LogP contribution in [0.5, 0.6) is 0 Å². The highest BCUT2D eigenvalue weighted by Crippen LogP contribution is 2.22. The van der Waals surface area contributed by atoms with Gasteiger partial charge in [-0.3, -0.25) is 0 Å². The zero-order valence-corrected chi connectivity index (χ0v) is 10.3. The van der Waals surface area contributed by atoms with Crippen molar-refractivity contribution in [2.45, 2.75) is 6.92 Å². The van der Waals surface area contributed by atoms with Crippen LogP contribution in [0.1, 0.15) is 5.56 Å². The summed E-state index contributed by atoms with van der Waals surface area (Å²) in [5.74, 6) is 0.541. The number of nitrogens with zero attached hydrogens (tertiary/aromatic N) is 2. The van der Waals surface area contributed by atoms with Gasteiger partial charge in [0.15, 0.2) is 0 Å². The van der Waals surface area contributed by atoms with Crippen molar-refractivity contribution in [1.82, 2.24) is 9.97 Å². The monoisotopic (exact) mass is 278 g/mol. The first-order chi connectivity index (χ1) is 7.65. The number of benzene rings is 1. The summed E-state index contributed by atoms with van der Waals surface area (Å²) >= 11 is 3.42. The number of aromatic nitrogens is 2. The minimum atomic E-state index is 0.541. The SMILES string of the molecule is Cc1cc(Br)ccc1Nc1ncc(N)cn1. The standard InChI is InChI=1S/C11H11BrN4/c1-7-4-8(12)2-3-10(7)16-11-14-5-9(13)6-15-11/h2-6H,13H2,1H3,(H,14,15,16). The van der Waals surface area contributed by atoms with Gasteiger partial charge in [0.25, 0.3) is 0 Å². The third-order valence-electron chi connectivity index (χ3n) is 2.11. The molecule has 4 nitrogen and oxygen atoms in total. The van der Waals surface area contributed by atoms with Crippen molar-refractivity contribution < 1.29 is 0 Å². The maximum Gasteiger partial charge on any atom is 0.227 e. The van der Waals surface area contributed by atoms with E-state index >= 15 is 0 Å². The number of nitrogens with one attached hydrogen (secondary N) is 1. The first kappa shape index (κ1) is 10.9. The van der Waals surface area contributed by atoms with Gasteiger partial charge in [0.1, 0.15) is 0 Å². The quantitative estimate of drug-likeness (QED) is 0.887. The number of hydrogen-bond acceptors (Lipinski definition) is 4. The first-order valence-electron chi connectivity index (χ1n) is 4.76. The van der Waals surface area contributed by atoms with Crippen LogP contribution in [0.15, 0.2) is 35.1 Å². The van der Waals surface area contributed by atoms with Gasteiger partial charge in [-0.05, 0) is 30.7 Å². The molecule has 3 N–H and O–H groups in total. The second kappa shape index (κ2) is 4.49. The summed E-state index contributed by atoms with van der Waals surface area (Å²) in [6.07, 6.45) is 3.15. The lowest BCUT2D eigenvalue weighted by Crippen LogP contribution is -1.99. The van der Waals surface area contributed by atoms with Gasteiger partial charge in [0.05, 0.1) is 18.1 Å². The summed E-state index contributed by atoms with van der Waals surface area (Å²) in [6.45, 7) is 2.02. The van der Waals surface area contributed by atoms with E-state index in [-0.39, 0.29) is 0 Å². The second-order valence-electron chi connectivity index (χ2n) is 3.42. The van der Waals surface area contributed by atoms with Crippen molar-refractivity contribution in [2.24, 2.45) is 0 Å². The summed E-state index contributed by atoms with van der Waals surface area (Å²) in [5, 5.41) is 3.13. The Morgan fingerprint density at radius 2 is 1.94 bits per heavy atom. The first-order valence-corrected chi connectivity index (χ1v) is 5.55. The van der Waals surface area contributed by atoms with E-state index in [2.05, 4.69) is 31.2 Å². The number of hydrogen-bond donors (Lipinski definition) is 2. The van der Waals surface area contributed by atoms with Crippen molar-refractivity contribution >= 4 is 33.3 Å². The molecule has 16 heavy (non-hydrogen) atoms. The van der Waals surface area contributed by atoms with E-state index < -0.39 is 0 Å². The van der Waals surface area contributed by atoms with Crippen molar-refractivity contribution in [3.05, 3.63) is 40.6 Å². The Bertz CT molecular complexity index is 496. The summed E-state index contributed by atoms with van der Waals surface area (Å²) in [6, 6.07) is 5.96. The summed E-state index contributed by atoms with van der Waals surface area (Å²) in [5.41, 5.74) is 8.16. The third kappa shape index (κ3) is 2.49. The summed E-state index contributed by atoms with van der Waals surface area (Å²) < 4.78 is 1.05. The maximum absolute atomic E-state index is 5.51. The number of nitrogens with two attached hydrogens (primary N) is 1. The van der Waals surface area contributed by atoms with Gasteiger partial charge < -0.3 is 11.1 Å². The van der Waals surface area contributed by atoms with Gasteiger partial charge in [-0.25, -0.2) is 9.97 Å². The lowest BCUT2D eigenvalue weighted by molar-refractivity contribution is 1.17. The van der Waals surface area contributed by atoms with Crippen LogP contribution in [-0.2, 0) is 0 Å². The third-order valence-corrected chi connectivity index (χ3v) is 2.60. The van der Waals surface area contributed by atoms with Crippen molar-refractivity contribution in [1.29, 1.82) is 0 Å². The fraction of sp³-hybridized carbons (Fsp3) is 0.0909. The number of rotatable bonds is 2. The lowest BCUT2D eigenvalue weighted by Gasteiger charge is -2.08. The number of nitrogen functional groups attached to an aromatic ring is 1. The highest BCUT2D eigenvalue weighted by molar-refractivity contribution is 9.10. The maximum atomic E-state index is 5.51. The molecule has 0 fully saturated rings. The molecule has 0 spiro atoms. The fourth-order valence-corrected chi connectivity index (χ4v) is 1.77. The highest BCUT2D eigenvalue weighted by Gasteiger charge is 2.01. The molecule has 2 aromatic rings. The van der Waals surface area contributed by atoms with E-state index in [0.717, 1.165) is 15.7 Å². The Hall–Kier alpha value is -1.62. The molecule has 0 atom stereocenters. The molecule has 1 aromatic heterocycles. The number of aryl methyl sites for hydroxylation is 1. The topological polar surface area (TPSA) is 63.8 Å². The van der Waals surface area contributed by atoms with E-state index in [4.69, 9.17) is 5.73 Å². The molecule has 82 valence electrons. The smallest absolute Gasteiger partial charge is 0.227 e. The molecule has 0 bridgehead atoms. The highest BCUT2D eigenvalue weighted by atomic mass is 79.9. The molecular formula is C11H11BrN4. The largest absolute Gasteiger partial charge is 0.396 e. The molecule has 0 saturated carbocycles. The number of anilines is 3. The van der Waals surface area contributed by atoms with E-state index in [0.29, 0.717) is 11.6 Å². The molecule has 1 heterocycles. The average Bonchev–Trinajstić information content (AvgIpc) is 2.25. The molecule has 0 saturated heterocycles. The van der Waals surface area contributed by atoms with E-state index in [1.165, 1.54) is 0 Å². The van der Waals surface area contributed by atoms with Crippen LogP contribution in [0.25, 0.3) is 0 Å². The molecule has 0 aliphatic carbocycles. The zero-order valence-electron chi connectivity index (χ0n) is 8.74. The van der Waals surface area contributed by atoms with Crippen LogP contribution in [0.3, 0.4) is 0 Å². The minimum Gasteiger partial charge on any atom is -0.396 e. The summed E-state index contributed by atoms with van der Waals surface area (Å²) in [4.78, 5) is 8.16. The number of halogens is 1. The molecule has 0 aliphatic heterocycles. The zero-order chi connectivity index (χ0) is 11.5. The van der Waals surface area contributed by atoms with Gasteiger partial charge in [-0.15, -0.1) is 0 Å². The van der Waals surface area contributed by atoms with Crippen molar-refractivity contribution in [2.75, 3.05) is 11.1 Å². The molecule has 0 amide bonds. The lowest BCUT2D eigenvalue weighted by atomic mass is 10.2. The molecule has 1 aromatic carbocycles. The van der Waals surface area contributed by atoms with Crippen LogP contribution >= 0.6 is 15.9 Å². The summed E-state index contributed by atoms with van der Waals surface area (Å²) in [7, 11) is 0. The predicted molar refractivity (Wildman–Crippen MR) is 68.6 cm³/mol. The Labute approximate surface area is 102 Å². The van der Waals surface area contributed by atoms with Crippen LogP contribution in [0.4, 0.5) is 17.3 Å². The van der Waals surface area contributed by atoms with Gasteiger partial charge in [-0.1, -0.05) is 15.9 Å². The van der Waals surface area contributed by atoms with Crippen LogP contribution < -0.4 is 11.1 Å². The van der Waals surface area contributed by atoms with Crippen molar-refractivity contribution in [3.8, 4) is 0 Å².